The topological polar surface area (TPSA) is 86.8 Å². The van der Waals surface area contributed by atoms with E-state index in [1.165, 1.54) is 12.8 Å². The van der Waals surface area contributed by atoms with Crippen LogP contribution in [-0.4, -0.2) is 74.5 Å². The molecule has 12 nitrogen and oxygen atoms in total. The van der Waals surface area contributed by atoms with Gasteiger partial charge in [0.2, 0.25) is 0 Å². The molecule has 4 fully saturated rings. The van der Waals surface area contributed by atoms with Gasteiger partial charge in [-0.3, -0.25) is 0 Å². The van der Waals surface area contributed by atoms with Crippen LogP contribution < -0.4 is 30.5 Å². The summed E-state index contributed by atoms with van der Waals surface area (Å²) in [5.74, 6) is 0. The Labute approximate surface area is 623 Å². The number of hydrogen-bond acceptors (Lipinski definition) is 12. The molecule has 0 aromatic heterocycles. The summed E-state index contributed by atoms with van der Waals surface area (Å²) >= 11 is 7.11. The summed E-state index contributed by atoms with van der Waals surface area (Å²) < 4.78 is 49.2. The van der Waals surface area contributed by atoms with Crippen LogP contribution in [-0.2, 0) is 37.3 Å². The molecule has 0 bridgehead atoms. The van der Waals surface area contributed by atoms with E-state index < -0.39 is 44.0 Å². The molecule has 0 amide bonds. The average Bonchev–Trinajstić information content (AvgIpc) is 1.08. The third kappa shape index (κ3) is 18.1. The van der Waals surface area contributed by atoms with Gasteiger partial charge in [-0.15, -0.1) is 0 Å². The van der Waals surface area contributed by atoms with Crippen molar-refractivity contribution < 1.29 is 37.3 Å². The van der Waals surface area contributed by atoms with Crippen molar-refractivity contribution in [3.05, 3.63) is 276 Å². The molecule has 4 aliphatic rings. The minimum absolute atomic E-state index is 0.120. The van der Waals surface area contributed by atoms with Crippen molar-refractivity contribution in [2.24, 2.45) is 0 Å². The van der Waals surface area contributed by atoms with Crippen molar-refractivity contribution in [3.63, 3.8) is 0 Å². The fourth-order valence-electron chi connectivity index (χ4n) is 11.9. The molecule has 4 aliphatic heterocycles. The number of anilines is 12. The normalized spacial score (nSPS) is 17.1. The molecule has 0 saturated carbocycles. The first-order valence-electron chi connectivity index (χ1n) is 35.3. The van der Waals surface area contributed by atoms with Crippen molar-refractivity contribution in [1.29, 1.82) is 0 Å². The van der Waals surface area contributed by atoms with Gasteiger partial charge in [0.1, 0.15) is 0 Å². The second-order valence-corrected chi connectivity index (χ2v) is 30.9. The Bertz CT molecular complexity index is 4000. The predicted octanol–water partition coefficient (Wildman–Crippen LogP) is 22.2. The molecule has 17 heteroatoms. The van der Waals surface area contributed by atoms with E-state index in [-0.39, 0.29) is 17.3 Å². The number of halogens is 2. The van der Waals surface area contributed by atoms with Gasteiger partial charge in [0.25, 0.3) is 0 Å². The highest BCUT2D eigenvalue weighted by atomic mass is 79.9. The molecular weight excluding hydrogens is 1400 g/mol. The third-order valence-electron chi connectivity index (χ3n) is 19.8. The molecule has 0 atom stereocenters. The van der Waals surface area contributed by atoms with E-state index in [1.807, 2.05) is 65.8 Å². The second-order valence-electron chi connectivity index (χ2n) is 29.1. The molecule has 10 aromatic rings. The quantitative estimate of drug-likeness (QED) is 0.0864. The first-order chi connectivity index (χ1) is 48.7. The van der Waals surface area contributed by atoms with Crippen molar-refractivity contribution in [1.82, 2.24) is 0 Å². The van der Waals surface area contributed by atoms with Crippen molar-refractivity contribution in [2.75, 3.05) is 32.8 Å². The highest BCUT2D eigenvalue weighted by Gasteiger charge is 2.54. The minimum atomic E-state index is -0.523. The average molecular weight is 1490 g/mol. The number of nitrogens with zero attached hydrogens (tertiary/aromatic N) is 4. The lowest BCUT2D eigenvalue weighted by atomic mass is 9.79. The van der Waals surface area contributed by atoms with Crippen molar-refractivity contribution in [3.8, 4) is 0 Å². The Morgan fingerprint density at radius 2 is 0.480 bits per heavy atom. The summed E-state index contributed by atoms with van der Waals surface area (Å²) in [5.41, 5.74) is 12.7. The maximum Gasteiger partial charge on any atom is 0.640 e. The van der Waals surface area contributed by atoms with Crippen LogP contribution in [0.1, 0.15) is 110 Å². The van der Waals surface area contributed by atoms with Gasteiger partial charge in [-0.05, 0) is 291 Å². The molecule has 0 N–H and O–H groups in total. The van der Waals surface area contributed by atoms with Gasteiger partial charge < -0.3 is 56.9 Å². The van der Waals surface area contributed by atoms with E-state index in [0.29, 0.717) is 0 Å². The molecule has 14 rings (SSSR count). The monoisotopic (exact) mass is 1490 g/mol. The lowest BCUT2D eigenvalue weighted by molar-refractivity contribution is 0.00578. The SMILES string of the molecule is Brc1ccc(N(c2ccc(Br)cc2)c2ccc(N(c3ccccc3)c3ccccc3)cc2)cc1.C1CCOC1.CC(C)OB1OC(C)(C)C(C)(C)O1.CC1(C)OB(c2ccc(N(c3ccc(B4OC(C)(C)C(C)(C)O4)cc3)c3ccc(N(c4ccccc4)c4ccccc4)cc3)cc2)OC1(C)C. The lowest BCUT2D eigenvalue weighted by Gasteiger charge is -2.32. The van der Waals surface area contributed by atoms with E-state index in [9.17, 15) is 0 Å². The molecule has 0 aliphatic carbocycles. The zero-order valence-corrected chi connectivity index (χ0v) is 64.5. The molecular formula is C85H95B3Br2N4O8. The van der Waals surface area contributed by atoms with Gasteiger partial charge in [0, 0.05) is 96.5 Å². The van der Waals surface area contributed by atoms with E-state index in [2.05, 4.69) is 350 Å². The Morgan fingerprint density at radius 1 is 0.284 bits per heavy atom. The summed E-state index contributed by atoms with van der Waals surface area (Å²) in [6, 6.07) is 93.0. The number of para-hydroxylation sites is 4. The summed E-state index contributed by atoms with van der Waals surface area (Å²) in [6.07, 6.45) is 2.68. The summed E-state index contributed by atoms with van der Waals surface area (Å²) in [5, 5.41) is 0. The third-order valence-corrected chi connectivity index (χ3v) is 20.8. The minimum Gasteiger partial charge on any atom is -0.399 e. The number of ether oxygens (including phenoxy) is 1. The van der Waals surface area contributed by atoms with Crippen LogP contribution in [0.2, 0.25) is 0 Å². The van der Waals surface area contributed by atoms with Gasteiger partial charge in [-0.25, -0.2) is 0 Å². The standard InChI is InChI=1S/C42H46B2N2O4.C30H22Br2N2.C9H19BO3.C4H8O/c1-39(2)40(3,4)48-43(47-39)31-19-23-35(24-20-31)46(36-25-21-32(22-26-36)44-49-41(5,6)42(7,8)50-44)38-29-27-37(28-30-38)45(33-15-11-9-12-16-33)34-17-13-10-14-18-34;31-23-11-15-27(16-12-23)34(28-17-13-24(32)14-18-28)30-21-19-29(20-22-30)33(25-7-3-1-4-8-25)26-9-5-2-6-10-26;1-7(2)11-10-12-8(3,4)9(5,6)13-10;1-2-4-5-3-1/h9-30H,1-8H3;1-22H;7H,1-6H3;1-4H2. The van der Waals surface area contributed by atoms with E-state index in [1.54, 1.807) is 0 Å². The van der Waals surface area contributed by atoms with Gasteiger partial charge >= 0.3 is 21.6 Å². The zero-order valence-electron chi connectivity index (χ0n) is 61.4. The molecule has 526 valence electrons. The van der Waals surface area contributed by atoms with Crippen LogP contribution in [0.3, 0.4) is 0 Å². The molecule has 0 spiro atoms. The van der Waals surface area contributed by atoms with Gasteiger partial charge in [0.05, 0.1) is 33.6 Å². The van der Waals surface area contributed by atoms with E-state index in [4.69, 9.17) is 37.3 Å². The molecule has 10 aromatic carbocycles. The second kappa shape index (κ2) is 32.5. The fourth-order valence-corrected chi connectivity index (χ4v) is 12.4. The van der Waals surface area contributed by atoms with Gasteiger partial charge in [-0.1, -0.05) is 129 Å². The highest BCUT2D eigenvalue weighted by molar-refractivity contribution is 9.10. The lowest BCUT2D eigenvalue weighted by Crippen LogP contribution is -2.41. The van der Waals surface area contributed by atoms with Gasteiger partial charge in [-0.2, -0.15) is 0 Å². The molecule has 4 saturated heterocycles. The van der Waals surface area contributed by atoms with Crippen LogP contribution in [0.25, 0.3) is 0 Å². The van der Waals surface area contributed by atoms with Gasteiger partial charge in [0.15, 0.2) is 0 Å². The van der Waals surface area contributed by atoms with Crippen molar-refractivity contribution >= 4 is 133 Å². The number of rotatable bonds is 16. The Hall–Kier alpha value is -7.77. The first-order valence-corrected chi connectivity index (χ1v) is 36.9. The molecule has 102 heavy (non-hydrogen) atoms. The molecule has 0 unspecified atom stereocenters. The zero-order chi connectivity index (χ0) is 72.5. The summed E-state index contributed by atoms with van der Waals surface area (Å²) in [4.78, 5) is 9.07. The summed E-state index contributed by atoms with van der Waals surface area (Å²) in [6.45, 7) is 30.6. The van der Waals surface area contributed by atoms with Crippen LogP contribution in [0.5, 0.6) is 0 Å². The Balaban J connectivity index is 0.000000171. The van der Waals surface area contributed by atoms with Crippen molar-refractivity contribution in [2.45, 2.75) is 149 Å². The highest BCUT2D eigenvalue weighted by Crippen LogP contribution is 2.44. The van der Waals surface area contributed by atoms with Crippen LogP contribution >= 0.6 is 31.9 Å². The fraction of sp³-hybridized carbons (Fsp3) is 0.294. The first kappa shape index (κ1) is 75.4. The predicted molar refractivity (Wildman–Crippen MR) is 431 cm³/mol. The number of hydrogen-bond donors (Lipinski definition) is 0. The van der Waals surface area contributed by atoms with E-state index in [0.717, 1.165) is 101 Å². The molecule has 4 heterocycles. The maximum absolute atomic E-state index is 6.36. The number of benzene rings is 10. The smallest absolute Gasteiger partial charge is 0.399 e. The Morgan fingerprint density at radius 3 is 0.686 bits per heavy atom. The van der Waals surface area contributed by atoms with Crippen LogP contribution in [0, 0.1) is 0 Å². The summed E-state index contributed by atoms with van der Waals surface area (Å²) in [7, 11) is -1.38. The molecule has 0 radical (unpaired) electrons. The maximum atomic E-state index is 6.36. The van der Waals surface area contributed by atoms with E-state index >= 15 is 0 Å². The Kier molecular flexibility index (Phi) is 24.0. The van der Waals surface area contributed by atoms with Crippen LogP contribution in [0.4, 0.5) is 68.2 Å². The van der Waals surface area contributed by atoms with Crippen LogP contribution in [0.15, 0.2) is 276 Å². The largest absolute Gasteiger partial charge is 0.640 e.